The number of rotatable bonds is 7. The Kier molecular flexibility index (Phi) is 7.37. The van der Waals surface area contributed by atoms with Crippen LogP contribution in [0.4, 0.5) is 0 Å². The molecule has 36 heavy (non-hydrogen) atoms. The Morgan fingerprint density at radius 3 is 2.19 bits per heavy atom. The summed E-state index contributed by atoms with van der Waals surface area (Å²) in [7, 11) is -3.91. The lowest BCUT2D eigenvalue weighted by atomic mass is 9.75. The number of esters is 2. The summed E-state index contributed by atoms with van der Waals surface area (Å²) < 4.78 is 51.2. The van der Waals surface area contributed by atoms with Crippen LogP contribution in [0.25, 0.3) is 5.57 Å². The molecular weight excluding hydrogens is 486 g/mol. The van der Waals surface area contributed by atoms with E-state index in [1.165, 1.54) is 26.0 Å². The average Bonchev–Trinajstić information content (AvgIpc) is 3.27. The highest BCUT2D eigenvalue weighted by atomic mass is 32.2. The molecule has 2 aromatic rings. The van der Waals surface area contributed by atoms with Gasteiger partial charge in [-0.3, -0.25) is 9.59 Å². The number of hydrogen-bond acceptors (Lipinski definition) is 8. The van der Waals surface area contributed by atoms with Gasteiger partial charge in [0.1, 0.15) is 12.2 Å². The number of nitrogens with one attached hydrogen (secondary N) is 1. The predicted octanol–water partition coefficient (Wildman–Crippen LogP) is 3.36. The van der Waals surface area contributed by atoms with E-state index in [4.69, 9.17) is 18.9 Å². The van der Waals surface area contributed by atoms with Gasteiger partial charge in [-0.15, -0.1) is 0 Å². The van der Waals surface area contributed by atoms with Gasteiger partial charge in [-0.2, -0.15) is 0 Å². The standard InChI is InChI=1S/C26H29NO8S/c1-15-5-8-20(9-6-15)36(30,31)27-22-13-26(35-18(4)29)25(34-17(3)28)12-21(22)16(2)19-7-10-23-24(11-19)33-14-32-23/h5-11,21-22,25-27H,2,12-14H2,1,3-4H3/t21-,22-,25+,26-/m0/s1. The quantitative estimate of drug-likeness (QED) is 0.558. The number of ether oxygens (including phenoxy) is 4. The molecule has 0 saturated heterocycles. The fourth-order valence-corrected chi connectivity index (χ4v) is 5.91. The maximum Gasteiger partial charge on any atom is 0.303 e. The Balaban J connectivity index is 1.68. The fraction of sp³-hybridized carbons (Fsp3) is 0.385. The van der Waals surface area contributed by atoms with Gasteiger partial charge in [-0.25, -0.2) is 13.1 Å². The smallest absolute Gasteiger partial charge is 0.303 e. The van der Waals surface area contributed by atoms with E-state index < -0.39 is 46.1 Å². The molecule has 1 saturated carbocycles. The van der Waals surface area contributed by atoms with E-state index in [0.717, 1.165) is 11.1 Å². The number of carbonyl (C=O) groups excluding carboxylic acids is 2. The molecule has 1 heterocycles. The lowest BCUT2D eigenvalue weighted by Gasteiger charge is -2.41. The fourth-order valence-electron chi connectivity index (χ4n) is 4.62. The molecule has 1 aliphatic heterocycles. The highest BCUT2D eigenvalue weighted by molar-refractivity contribution is 7.89. The van der Waals surface area contributed by atoms with Gasteiger partial charge in [0.05, 0.1) is 4.90 Å². The van der Waals surface area contributed by atoms with Gasteiger partial charge in [0, 0.05) is 32.2 Å². The van der Waals surface area contributed by atoms with E-state index in [0.29, 0.717) is 17.1 Å². The van der Waals surface area contributed by atoms with Crippen LogP contribution >= 0.6 is 0 Å². The van der Waals surface area contributed by atoms with Crippen molar-refractivity contribution in [3.63, 3.8) is 0 Å². The molecule has 0 spiro atoms. The number of sulfonamides is 1. The summed E-state index contributed by atoms with van der Waals surface area (Å²) in [6, 6.07) is 11.2. The summed E-state index contributed by atoms with van der Waals surface area (Å²) in [6.45, 7) is 8.78. The van der Waals surface area contributed by atoms with Gasteiger partial charge in [0.25, 0.3) is 0 Å². The second-order valence-electron chi connectivity index (χ2n) is 9.01. The van der Waals surface area contributed by atoms with Crippen LogP contribution in [-0.4, -0.2) is 45.4 Å². The Morgan fingerprint density at radius 1 is 0.944 bits per heavy atom. The van der Waals surface area contributed by atoms with Crippen molar-refractivity contribution in [3.8, 4) is 11.5 Å². The van der Waals surface area contributed by atoms with Crippen LogP contribution in [0.15, 0.2) is 53.9 Å². The largest absolute Gasteiger partial charge is 0.459 e. The van der Waals surface area contributed by atoms with Gasteiger partial charge in [0.2, 0.25) is 16.8 Å². The number of carbonyl (C=O) groups is 2. The van der Waals surface area contributed by atoms with Crippen LogP contribution in [0.2, 0.25) is 0 Å². The zero-order valence-corrected chi connectivity index (χ0v) is 21.2. The summed E-state index contributed by atoms with van der Waals surface area (Å²) in [5.41, 5.74) is 2.29. The molecule has 4 atom stereocenters. The van der Waals surface area contributed by atoms with Crippen LogP contribution in [0.1, 0.15) is 37.8 Å². The summed E-state index contributed by atoms with van der Waals surface area (Å²) in [5.74, 6) is -0.370. The van der Waals surface area contributed by atoms with Gasteiger partial charge in [-0.05, 0) is 48.7 Å². The second-order valence-corrected chi connectivity index (χ2v) is 10.7. The summed E-state index contributed by atoms with van der Waals surface area (Å²) in [6.07, 6.45) is -1.29. The first-order chi connectivity index (χ1) is 17.0. The molecule has 0 aromatic heterocycles. The maximum absolute atomic E-state index is 13.3. The first-order valence-corrected chi connectivity index (χ1v) is 13.0. The minimum Gasteiger partial charge on any atom is -0.459 e. The van der Waals surface area contributed by atoms with Crippen LogP contribution in [0.5, 0.6) is 11.5 Å². The Hall–Kier alpha value is -3.37. The van der Waals surface area contributed by atoms with Crippen molar-refractivity contribution in [2.45, 2.75) is 56.8 Å². The Bertz CT molecular complexity index is 1270. The third kappa shape index (κ3) is 5.71. The van der Waals surface area contributed by atoms with Crippen molar-refractivity contribution < 1.29 is 37.0 Å². The third-order valence-corrected chi connectivity index (χ3v) is 7.84. The monoisotopic (exact) mass is 515 g/mol. The molecule has 2 aromatic carbocycles. The molecule has 1 aliphatic carbocycles. The number of hydrogen-bond donors (Lipinski definition) is 1. The first-order valence-electron chi connectivity index (χ1n) is 11.6. The highest BCUT2D eigenvalue weighted by Gasteiger charge is 2.43. The summed E-state index contributed by atoms with van der Waals surface area (Å²) in [4.78, 5) is 23.7. The van der Waals surface area contributed by atoms with E-state index in [1.807, 2.05) is 13.0 Å². The van der Waals surface area contributed by atoms with Crippen LogP contribution < -0.4 is 14.2 Å². The van der Waals surface area contributed by atoms with Crippen LogP contribution in [-0.2, 0) is 29.1 Å². The highest BCUT2D eigenvalue weighted by Crippen LogP contribution is 2.41. The van der Waals surface area contributed by atoms with E-state index in [2.05, 4.69) is 11.3 Å². The Labute approximate surface area is 210 Å². The van der Waals surface area contributed by atoms with Crippen LogP contribution in [0.3, 0.4) is 0 Å². The van der Waals surface area contributed by atoms with E-state index in [1.54, 1.807) is 24.3 Å². The van der Waals surface area contributed by atoms with E-state index >= 15 is 0 Å². The zero-order valence-electron chi connectivity index (χ0n) is 20.4. The minimum absolute atomic E-state index is 0.0941. The average molecular weight is 516 g/mol. The molecular formula is C26H29NO8S. The minimum atomic E-state index is -3.91. The summed E-state index contributed by atoms with van der Waals surface area (Å²) >= 11 is 0. The molecule has 1 N–H and O–H groups in total. The van der Waals surface area contributed by atoms with E-state index in [9.17, 15) is 18.0 Å². The second kappa shape index (κ2) is 10.3. The molecule has 9 nitrogen and oxygen atoms in total. The van der Waals surface area contributed by atoms with Gasteiger partial charge < -0.3 is 18.9 Å². The zero-order chi connectivity index (χ0) is 26.0. The number of benzene rings is 2. The molecule has 2 aliphatic rings. The molecule has 192 valence electrons. The van der Waals surface area contributed by atoms with Crippen LogP contribution in [0, 0.1) is 12.8 Å². The topological polar surface area (TPSA) is 117 Å². The Morgan fingerprint density at radius 2 is 1.56 bits per heavy atom. The van der Waals surface area contributed by atoms with E-state index in [-0.39, 0.29) is 24.5 Å². The van der Waals surface area contributed by atoms with Crippen molar-refractivity contribution in [2.24, 2.45) is 5.92 Å². The molecule has 0 bridgehead atoms. The maximum atomic E-state index is 13.3. The van der Waals surface area contributed by atoms with Crippen molar-refractivity contribution in [1.82, 2.24) is 4.72 Å². The first kappa shape index (κ1) is 25.7. The molecule has 0 unspecified atom stereocenters. The van der Waals surface area contributed by atoms with Crippen molar-refractivity contribution in [3.05, 3.63) is 60.2 Å². The van der Waals surface area contributed by atoms with Crippen molar-refractivity contribution in [2.75, 3.05) is 6.79 Å². The molecule has 0 radical (unpaired) electrons. The van der Waals surface area contributed by atoms with Gasteiger partial charge in [0.15, 0.2) is 11.5 Å². The van der Waals surface area contributed by atoms with Gasteiger partial charge in [-0.1, -0.05) is 30.3 Å². The lowest BCUT2D eigenvalue weighted by Crippen LogP contribution is -2.52. The van der Waals surface area contributed by atoms with Crippen molar-refractivity contribution in [1.29, 1.82) is 0 Å². The van der Waals surface area contributed by atoms with Crippen molar-refractivity contribution >= 4 is 27.5 Å². The molecule has 10 heteroatoms. The molecule has 4 rings (SSSR count). The normalized spacial score (nSPS) is 23.1. The molecule has 1 fully saturated rings. The predicted molar refractivity (Wildman–Crippen MR) is 131 cm³/mol. The lowest BCUT2D eigenvalue weighted by molar-refractivity contribution is -0.170. The molecule has 0 amide bonds. The van der Waals surface area contributed by atoms with Gasteiger partial charge >= 0.3 is 11.9 Å². The number of aryl methyl sites for hydroxylation is 1. The summed E-state index contributed by atoms with van der Waals surface area (Å²) in [5, 5.41) is 0. The SMILES string of the molecule is C=C(c1ccc2c(c1)OCO2)[C@@H]1C[C@@H](OC(C)=O)[C@@H](OC(C)=O)C[C@@H]1NS(=O)(=O)c1ccc(C)cc1. The number of fused-ring (bicyclic) bond motifs is 1. The third-order valence-electron chi connectivity index (χ3n) is 6.34.